The minimum atomic E-state index is -0.805. The van der Waals surface area contributed by atoms with Crippen molar-refractivity contribution < 1.29 is 9.00 Å². The van der Waals surface area contributed by atoms with Crippen LogP contribution in [0.25, 0.3) is 0 Å². The molecule has 1 saturated heterocycles. The molecule has 4 unspecified atom stereocenters. The minimum Gasteiger partial charge on any atom is -0.326 e. The van der Waals surface area contributed by atoms with E-state index in [2.05, 4.69) is 19.2 Å². The van der Waals surface area contributed by atoms with E-state index in [0.29, 0.717) is 6.54 Å². The zero-order chi connectivity index (χ0) is 13.7. The van der Waals surface area contributed by atoms with E-state index in [4.69, 9.17) is 0 Å². The van der Waals surface area contributed by atoms with Gasteiger partial charge in [0.05, 0.1) is 12.2 Å². The van der Waals surface area contributed by atoms with Gasteiger partial charge in [0.2, 0.25) is 5.91 Å². The van der Waals surface area contributed by atoms with Gasteiger partial charge in [-0.1, -0.05) is 27.2 Å². The van der Waals surface area contributed by atoms with Crippen LogP contribution in [-0.2, 0) is 15.6 Å². The van der Waals surface area contributed by atoms with E-state index in [1.807, 2.05) is 11.8 Å². The highest BCUT2D eigenvalue weighted by Crippen LogP contribution is 2.18. The normalized spacial score (nSPS) is 27.6. The van der Waals surface area contributed by atoms with Crippen LogP contribution in [0.2, 0.25) is 0 Å². The predicted molar refractivity (Wildman–Crippen MR) is 75.8 cm³/mol. The smallest absolute Gasteiger partial charge is 0.241 e. The van der Waals surface area contributed by atoms with Crippen molar-refractivity contribution in [1.82, 2.24) is 10.2 Å². The summed E-state index contributed by atoms with van der Waals surface area (Å²) < 4.78 is 11.3. The number of hydrogen-bond donors (Lipinski definition) is 1. The highest BCUT2D eigenvalue weighted by Gasteiger charge is 2.36. The summed E-state index contributed by atoms with van der Waals surface area (Å²) in [6.45, 7) is 6.88. The van der Waals surface area contributed by atoms with E-state index < -0.39 is 10.8 Å². The molecule has 106 valence electrons. The third kappa shape index (κ3) is 3.79. The fourth-order valence-corrected chi connectivity index (χ4v) is 2.77. The lowest BCUT2D eigenvalue weighted by atomic mass is 10.1. The van der Waals surface area contributed by atoms with Gasteiger partial charge in [-0.25, -0.2) is 0 Å². The van der Waals surface area contributed by atoms with Gasteiger partial charge in [0.15, 0.2) is 0 Å². The van der Waals surface area contributed by atoms with Crippen LogP contribution in [0, 0.1) is 0 Å². The van der Waals surface area contributed by atoms with Crippen molar-refractivity contribution in [2.45, 2.75) is 63.9 Å². The van der Waals surface area contributed by atoms with Crippen LogP contribution in [0.3, 0.4) is 0 Å². The summed E-state index contributed by atoms with van der Waals surface area (Å²) in [6, 6.07) is -0.0117. The molecule has 0 radical (unpaired) electrons. The first-order valence-corrected chi connectivity index (χ1v) is 8.52. The molecule has 5 heteroatoms. The van der Waals surface area contributed by atoms with Gasteiger partial charge in [0.1, 0.15) is 0 Å². The van der Waals surface area contributed by atoms with Crippen molar-refractivity contribution in [2.24, 2.45) is 0 Å². The van der Waals surface area contributed by atoms with Crippen molar-refractivity contribution >= 4 is 16.7 Å². The van der Waals surface area contributed by atoms with Crippen molar-refractivity contribution in [3.8, 4) is 0 Å². The first-order chi connectivity index (χ1) is 8.51. The van der Waals surface area contributed by atoms with Crippen LogP contribution in [0.1, 0.15) is 46.5 Å². The summed E-state index contributed by atoms with van der Waals surface area (Å²) in [7, 11) is -0.805. The van der Waals surface area contributed by atoms with Gasteiger partial charge >= 0.3 is 0 Å². The molecule has 1 fully saturated rings. The van der Waals surface area contributed by atoms with Crippen LogP contribution >= 0.6 is 0 Å². The van der Waals surface area contributed by atoms with E-state index in [1.54, 1.807) is 6.26 Å². The average molecular weight is 274 g/mol. The summed E-state index contributed by atoms with van der Waals surface area (Å²) in [5, 5.41) is 3.55. The van der Waals surface area contributed by atoms with Gasteiger partial charge in [-0.15, -0.1) is 0 Å². The Bertz CT molecular complexity index is 309. The Morgan fingerprint density at radius 1 is 1.44 bits per heavy atom. The molecule has 4 nitrogen and oxygen atoms in total. The maximum absolute atomic E-state index is 12.2. The first-order valence-electron chi connectivity index (χ1n) is 6.90. The van der Waals surface area contributed by atoms with Gasteiger partial charge in [0, 0.05) is 28.9 Å². The number of nitrogens with zero attached hydrogens (tertiary/aromatic N) is 1. The fourth-order valence-electron chi connectivity index (χ4n) is 2.33. The lowest BCUT2D eigenvalue weighted by Gasteiger charge is -2.24. The summed E-state index contributed by atoms with van der Waals surface area (Å²) >= 11 is 0. The van der Waals surface area contributed by atoms with Crippen molar-refractivity contribution in [1.29, 1.82) is 0 Å². The molecular formula is C13H26N2O2S. The molecule has 1 rings (SSSR count). The molecule has 0 bridgehead atoms. The zero-order valence-corrected chi connectivity index (χ0v) is 12.8. The lowest BCUT2D eigenvalue weighted by Crippen LogP contribution is -2.38. The van der Waals surface area contributed by atoms with Crippen molar-refractivity contribution in [3.05, 3.63) is 0 Å². The molecule has 0 aromatic carbocycles. The maximum Gasteiger partial charge on any atom is 0.241 e. The number of carbonyl (C=O) groups is 1. The van der Waals surface area contributed by atoms with Gasteiger partial charge in [-0.3, -0.25) is 14.3 Å². The second-order valence-electron chi connectivity index (χ2n) is 5.06. The Hall–Kier alpha value is -0.420. The van der Waals surface area contributed by atoms with Gasteiger partial charge < -0.3 is 4.90 Å². The van der Waals surface area contributed by atoms with E-state index in [1.165, 1.54) is 0 Å². The standard InChI is InChI=1S/C13H26N2O2S/c1-5-7-11-13(16)15(12(6-2)14-11)9-8-10(3)18(4)17/h10-12,14H,5-9H2,1-4H3. The van der Waals surface area contributed by atoms with E-state index >= 15 is 0 Å². The highest BCUT2D eigenvalue weighted by molar-refractivity contribution is 7.84. The Balaban J connectivity index is 2.56. The number of nitrogens with one attached hydrogen (secondary N) is 1. The van der Waals surface area contributed by atoms with Crippen LogP contribution in [0.15, 0.2) is 0 Å². The van der Waals surface area contributed by atoms with E-state index in [-0.39, 0.29) is 23.4 Å². The molecule has 0 aliphatic carbocycles. The molecule has 0 aromatic rings. The predicted octanol–water partition coefficient (Wildman–Crippen LogP) is 1.48. The third-order valence-corrected chi connectivity index (χ3v) is 5.03. The maximum atomic E-state index is 12.2. The first kappa shape index (κ1) is 15.6. The summed E-state index contributed by atoms with van der Waals surface area (Å²) in [6.07, 6.45) is 5.55. The summed E-state index contributed by atoms with van der Waals surface area (Å²) in [4.78, 5) is 14.2. The molecule has 0 spiro atoms. The molecule has 0 aromatic heterocycles. The zero-order valence-electron chi connectivity index (χ0n) is 11.9. The molecule has 1 aliphatic rings. The van der Waals surface area contributed by atoms with Crippen LogP contribution in [0.4, 0.5) is 0 Å². The Morgan fingerprint density at radius 3 is 2.61 bits per heavy atom. The van der Waals surface area contributed by atoms with Gasteiger partial charge in [0.25, 0.3) is 0 Å². The van der Waals surface area contributed by atoms with Crippen molar-refractivity contribution in [3.63, 3.8) is 0 Å². The van der Waals surface area contributed by atoms with E-state index in [9.17, 15) is 9.00 Å². The fraction of sp³-hybridized carbons (Fsp3) is 0.923. The Morgan fingerprint density at radius 2 is 2.11 bits per heavy atom. The van der Waals surface area contributed by atoms with Crippen LogP contribution < -0.4 is 5.32 Å². The monoisotopic (exact) mass is 274 g/mol. The van der Waals surface area contributed by atoms with Crippen molar-refractivity contribution in [2.75, 3.05) is 12.8 Å². The third-order valence-electron chi connectivity index (χ3n) is 3.66. The SMILES string of the molecule is CCCC1NC(CC)N(CCC(C)S(C)=O)C1=O. The number of rotatable bonds is 7. The van der Waals surface area contributed by atoms with E-state index in [0.717, 1.165) is 25.7 Å². The summed E-state index contributed by atoms with van der Waals surface area (Å²) in [5.74, 6) is 0.220. The lowest BCUT2D eigenvalue weighted by molar-refractivity contribution is -0.130. The molecule has 1 aliphatic heterocycles. The Kier molecular flexibility index (Phi) is 6.29. The molecule has 4 atom stereocenters. The number of amides is 1. The quantitative estimate of drug-likeness (QED) is 0.765. The van der Waals surface area contributed by atoms with Crippen LogP contribution in [-0.4, -0.2) is 45.3 Å². The molecule has 1 amide bonds. The molecule has 1 heterocycles. The molecule has 0 saturated carbocycles. The second-order valence-corrected chi connectivity index (χ2v) is 6.86. The van der Waals surface area contributed by atoms with Gasteiger partial charge in [-0.2, -0.15) is 0 Å². The Labute approximate surface area is 113 Å². The number of hydrogen-bond acceptors (Lipinski definition) is 3. The molecule has 18 heavy (non-hydrogen) atoms. The highest BCUT2D eigenvalue weighted by atomic mass is 32.2. The molecular weight excluding hydrogens is 248 g/mol. The second kappa shape index (κ2) is 7.24. The van der Waals surface area contributed by atoms with Crippen LogP contribution in [0.5, 0.6) is 0 Å². The molecule has 1 N–H and O–H groups in total. The minimum absolute atomic E-state index is 0.0117. The largest absolute Gasteiger partial charge is 0.326 e. The average Bonchev–Trinajstić information content (AvgIpc) is 2.63. The van der Waals surface area contributed by atoms with Gasteiger partial charge in [-0.05, 0) is 19.3 Å². The number of carbonyl (C=O) groups excluding carboxylic acids is 1. The summed E-state index contributed by atoms with van der Waals surface area (Å²) in [5.41, 5.74) is 0. The topological polar surface area (TPSA) is 49.4 Å².